The Labute approximate surface area is 82.3 Å². The molecular weight excluding hydrogens is 182 g/mol. The summed E-state index contributed by atoms with van der Waals surface area (Å²) in [5.74, 6) is -0.359. The van der Waals surface area contributed by atoms with Crippen molar-refractivity contribution in [3.8, 4) is 5.75 Å². The number of carboxylic acids is 1. The number of nitrogens with two attached hydrogens (primary N) is 1. The average Bonchev–Trinajstić information content (AvgIpc) is 2.16. The molecule has 1 aromatic rings. The van der Waals surface area contributed by atoms with E-state index in [1.807, 2.05) is 0 Å². The molecule has 0 fully saturated rings. The van der Waals surface area contributed by atoms with E-state index in [4.69, 9.17) is 15.6 Å². The molecule has 0 aromatic heterocycles. The number of carboxylic acid groups (broad SMARTS) is 1. The number of ether oxygens (including phenoxy) is 1. The van der Waals surface area contributed by atoms with Crippen LogP contribution in [0.5, 0.6) is 5.75 Å². The van der Waals surface area contributed by atoms with Gasteiger partial charge in [0.2, 0.25) is 0 Å². The summed E-state index contributed by atoms with van der Waals surface area (Å²) in [5, 5.41) is 8.88. The van der Waals surface area contributed by atoms with Crippen LogP contribution in [0, 0.1) is 0 Å². The van der Waals surface area contributed by atoms with Crippen LogP contribution >= 0.6 is 0 Å². The van der Waals surface area contributed by atoms with E-state index in [1.165, 1.54) is 13.2 Å². The minimum absolute atomic E-state index is 0.223. The lowest BCUT2D eigenvalue weighted by Crippen LogP contribution is -2.11. The molecule has 0 amide bonds. The lowest BCUT2D eigenvalue weighted by molar-refractivity contribution is 0.0695. The van der Waals surface area contributed by atoms with E-state index in [0.29, 0.717) is 11.3 Å². The fourth-order valence-corrected chi connectivity index (χ4v) is 1.24. The Hall–Kier alpha value is -1.55. The van der Waals surface area contributed by atoms with E-state index in [9.17, 15) is 4.79 Å². The fraction of sp³-hybridized carbons (Fsp3) is 0.300. The smallest absolute Gasteiger partial charge is 0.336 e. The fourth-order valence-electron chi connectivity index (χ4n) is 1.24. The minimum Gasteiger partial charge on any atom is -0.497 e. The lowest BCUT2D eigenvalue weighted by Gasteiger charge is -2.11. The third kappa shape index (κ3) is 2.03. The number of hydrogen-bond donors (Lipinski definition) is 2. The van der Waals surface area contributed by atoms with Crippen molar-refractivity contribution in [3.05, 3.63) is 29.3 Å². The van der Waals surface area contributed by atoms with E-state index in [2.05, 4.69) is 0 Å². The summed E-state index contributed by atoms with van der Waals surface area (Å²) in [6, 6.07) is 4.43. The van der Waals surface area contributed by atoms with Crippen molar-refractivity contribution in [1.29, 1.82) is 0 Å². The molecule has 1 atom stereocenters. The summed E-state index contributed by atoms with van der Waals surface area (Å²) < 4.78 is 4.99. The summed E-state index contributed by atoms with van der Waals surface area (Å²) in [5.41, 5.74) is 6.46. The molecule has 4 heteroatoms. The van der Waals surface area contributed by atoms with E-state index < -0.39 is 5.97 Å². The van der Waals surface area contributed by atoms with Crippen LogP contribution in [0.2, 0.25) is 0 Å². The molecule has 0 spiro atoms. The minimum atomic E-state index is -0.972. The number of hydrogen-bond acceptors (Lipinski definition) is 3. The highest BCUT2D eigenvalue weighted by Crippen LogP contribution is 2.22. The van der Waals surface area contributed by atoms with Crippen LogP contribution in [0.25, 0.3) is 0 Å². The van der Waals surface area contributed by atoms with Crippen LogP contribution in [-0.4, -0.2) is 18.2 Å². The molecule has 0 radical (unpaired) electrons. The van der Waals surface area contributed by atoms with Gasteiger partial charge in [0.25, 0.3) is 0 Å². The van der Waals surface area contributed by atoms with E-state index in [0.717, 1.165) is 0 Å². The van der Waals surface area contributed by atoms with Crippen molar-refractivity contribution in [3.63, 3.8) is 0 Å². The predicted molar refractivity (Wildman–Crippen MR) is 52.6 cm³/mol. The largest absolute Gasteiger partial charge is 0.497 e. The Morgan fingerprint density at radius 3 is 2.64 bits per heavy atom. The van der Waals surface area contributed by atoms with Crippen molar-refractivity contribution in [2.75, 3.05) is 7.11 Å². The number of rotatable bonds is 3. The van der Waals surface area contributed by atoms with Gasteiger partial charge < -0.3 is 15.6 Å². The Bertz CT molecular complexity index is 347. The third-order valence-corrected chi connectivity index (χ3v) is 1.98. The van der Waals surface area contributed by atoms with Crippen molar-refractivity contribution in [1.82, 2.24) is 0 Å². The Balaban J connectivity index is 3.24. The van der Waals surface area contributed by atoms with Crippen molar-refractivity contribution in [2.45, 2.75) is 13.0 Å². The van der Waals surface area contributed by atoms with E-state index in [1.54, 1.807) is 19.1 Å². The molecule has 0 saturated carbocycles. The van der Waals surface area contributed by atoms with Gasteiger partial charge in [-0.25, -0.2) is 4.79 Å². The van der Waals surface area contributed by atoms with Crippen molar-refractivity contribution in [2.24, 2.45) is 5.73 Å². The van der Waals surface area contributed by atoms with Gasteiger partial charge in [0, 0.05) is 6.04 Å². The molecule has 1 aromatic carbocycles. The van der Waals surface area contributed by atoms with Crippen LogP contribution in [-0.2, 0) is 0 Å². The van der Waals surface area contributed by atoms with Crippen LogP contribution in [0.3, 0.4) is 0 Å². The number of methoxy groups -OCH3 is 1. The molecule has 0 heterocycles. The number of carbonyl (C=O) groups is 1. The van der Waals surface area contributed by atoms with Gasteiger partial charge in [0.05, 0.1) is 12.7 Å². The Morgan fingerprint density at radius 2 is 2.21 bits per heavy atom. The van der Waals surface area contributed by atoms with Gasteiger partial charge in [0.1, 0.15) is 5.75 Å². The maximum Gasteiger partial charge on any atom is 0.336 e. The molecule has 0 bridgehead atoms. The first-order chi connectivity index (χ1) is 6.56. The van der Waals surface area contributed by atoms with Crippen LogP contribution < -0.4 is 10.5 Å². The van der Waals surface area contributed by atoms with Gasteiger partial charge in [-0.2, -0.15) is 0 Å². The Kier molecular flexibility index (Phi) is 3.09. The molecule has 0 aliphatic heterocycles. The molecule has 3 N–H and O–H groups in total. The zero-order valence-electron chi connectivity index (χ0n) is 8.15. The SMILES string of the molecule is COc1ccc(C(=O)O)c(C(C)N)c1. The molecule has 0 aliphatic carbocycles. The third-order valence-electron chi connectivity index (χ3n) is 1.98. The van der Waals surface area contributed by atoms with Gasteiger partial charge in [-0.3, -0.25) is 0 Å². The highest BCUT2D eigenvalue weighted by molar-refractivity contribution is 5.89. The second-order valence-corrected chi connectivity index (χ2v) is 3.05. The summed E-state index contributed by atoms with van der Waals surface area (Å²) in [6.45, 7) is 1.74. The zero-order valence-corrected chi connectivity index (χ0v) is 8.15. The normalized spacial score (nSPS) is 12.2. The highest BCUT2D eigenvalue weighted by atomic mass is 16.5. The number of benzene rings is 1. The van der Waals surface area contributed by atoms with Crippen LogP contribution in [0.4, 0.5) is 0 Å². The summed E-state index contributed by atoms with van der Waals surface area (Å²) in [6.07, 6.45) is 0. The predicted octanol–water partition coefficient (Wildman–Crippen LogP) is 1.41. The standard InChI is InChI=1S/C10H13NO3/c1-6(11)9-5-7(14-2)3-4-8(9)10(12)13/h3-6H,11H2,1-2H3,(H,12,13). The summed E-state index contributed by atoms with van der Waals surface area (Å²) >= 11 is 0. The topological polar surface area (TPSA) is 72.5 Å². The summed E-state index contributed by atoms with van der Waals surface area (Å²) in [4.78, 5) is 10.8. The lowest BCUT2D eigenvalue weighted by atomic mass is 10.0. The van der Waals surface area contributed by atoms with Gasteiger partial charge in [-0.15, -0.1) is 0 Å². The average molecular weight is 195 g/mol. The zero-order chi connectivity index (χ0) is 10.7. The second-order valence-electron chi connectivity index (χ2n) is 3.05. The van der Waals surface area contributed by atoms with Crippen LogP contribution in [0.15, 0.2) is 18.2 Å². The molecule has 76 valence electrons. The van der Waals surface area contributed by atoms with Crippen molar-refractivity contribution >= 4 is 5.97 Å². The first-order valence-electron chi connectivity index (χ1n) is 4.23. The second kappa shape index (κ2) is 4.11. The van der Waals surface area contributed by atoms with Gasteiger partial charge in [-0.05, 0) is 30.7 Å². The Morgan fingerprint density at radius 1 is 1.57 bits per heavy atom. The molecule has 0 saturated heterocycles. The summed E-state index contributed by atoms with van der Waals surface area (Å²) in [7, 11) is 1.53. The van der Waals surface area contributed by atoms with Gasteiger partial charge >= 0.3 is 5.97 Å². The van der Waals surface area contributed by atoms with Gasteiger partial charge in [0.15, 0.2) is 0 Å². The maximum absolute atomic E-state index is 10.8. The van der Waals surface area contributed by atoms with Crippen LogP contribution in [0.1, 0.15) is 28.9 Å². The number of aromatic carboxylic acids is 1. The van der Waals surface area contributed by atoms with Gasteiger partial charge in [-0.1, -0.05) is 0 Å². The maximum atomic E-state index is 10.8. The first-order valence-corrected chi connectivity index (χ1v) is 4.23. The van der Waals surface area contributed by atoms with E-state index in [-0.39, 0.29) is 11.6 Å². The monoisotopic (exact) mass is 195 g/mol. The first kappa shape index (κ1) is 10.5. The molecule has 14 heavy (non-hydrogen) atoms. The molecule has 1 rings (SSSR count). The van der Waals surface area contributed by atoms with E-state index >= 15 is 0 Å². The molecule has 4 nitrogen and oxygen atoms in total. The van der Waals surface area contributed by atoms with Crippen molar-refractivity contribution < 1.29 is 14.6 Å². The highest BCUT2D eigenvalue weighted by Gasteiger charge is 2.13. The molecule has 1 unspecified atom stereocenters. The molecular formula is C10H13NO3. The quantitative estimate of drug-likeness (QED) is 0.764. The molecule has 0 aliphatic rings.